The Labute approximate surface area is 155 Å². The smallest absolute Gasteiger partial charge is 0.191 e. The number of methoxy groups -OCH3 is 1. The summed E-state index contributed by atoms with van der Waals surface area (Å²) in [6.07, 6.45) is -0.129. The number of guanidine groups is 1. The molecule has 0 spiro atoms. The van der Waals surface area contributed by atoms with Gasteiger partial charge in [-0.1, -0.05) is 6.07 Å². The Morgan fingerprint density at radius 3 is 2.61 bits per heavy atom. The molecule has 0 saturated heterocycles. The molecule has 1 atom stereocenters. The zero-order valence-electron chi connectivity index (χ0n) is 14.4. The van der Waals surface area contributed by atoms with Crippen LogP contribution < -0.4 is 15.4 Å². The largest absolute Gasteiger partial charge is 0.489 e. The van der Waals surface area contributed by atoms with Crippen LogP contribution in [0.5, 0.6) is 5.75 Å². The van der Waals surface area contributed by atoms with Gasteiger partial charge in [0, 0.05) is 26.8 Å². The van der Waals surface area contributed by atoms with Crippen molar-refractivity contribution in [1.82, 2.24) is 10.6 Å². The van der Waals surface area contributed by atoms with Crippen molar-refractivity contribution < 1.29 is 13.9 Å². The van der Waals surface area contributed by atoms with Crippen LogP contribution in [-0.2, 0) is 4.74 Å². The van der Waals surface area contributed by atoms with Crippen LogP contribution in [-0.4, -0.2) is 44.9 Å². The Bertz CT molecular complexity index is 498. The zero-order chi connectivity index (χ0) is 16.6. The minimum absolute atomic E-state index is 0. The molecule has 0 amide bonds. The van der Waals surface area contributed by atoms with Gasteiger partial charge < -0.3 is 20.1 Å². The summed E-state index contributed by atoms with van der Waals surface area (Å²) in [6, 6.07) is 6.11. The average molecular weight is 439 g/mol. The van der Waals surface area contributed by atoms with Gasteiger partial charge in [-0.05, 0) is 32.9 Å². The molecule has 132 valence electrons. The molecule has 1 rings (SSSR count). The SMILES string of the molecule is CN=C(NCC(C)Oc1cccc(F)c1)NCC(C)(C)OC.I. The lowest BCUT2D eigenvalue weighted by molar-refractivity contribution is 0.0268. The van der Waals surface area contributed by atoms with E-state index in [9.17, 15) is 4.39 Å². The van der Waals surface area contributed by atoms with E-state index in [0.29, 0.717) is 24.8 Å². The Hall–Kier alpha value is -1.09. The van der Waals surface area contributed by atoms with Crippen LogP contribution in [0.25, 0.3) is 0 Å². The summed E-state index contributed by atoms with van der Waals surface area (Å²) in [5.41, 5.74) is -0.276. The molecule has 23 heavy (non-hydrogen) atoms. The topological polar surface area (TPSA) is 54.9 Å². The van der Waals surface area contributed by atoms with Gasteiger partial charge in [0.15, 0.2) is 5.96 Å². The number of ether oxygens (including phenoxy) is 2. The van der Waals surface area contributed by atoms with E-state index < -0.39 is 0 Å². The second-order valence-corrected chi connectivity index (χ2v) is 5.66. The maximum Gasteiger partial charge on any atom is 0.191 e. The second-order valence-electron chi connectivity index (χ2n) is 5.66. The van der Waals surface area contributed by atoms with Gasteiger partial charge in [0.05, 0.1) is 12.1 Å². The zero-order valence-corrected chi connectivity index (χ0v) is 16.7. The number of hydrogen-bond donors (Lipinski definition) is 2. The van der Waals surface area contributed by atoms with E-state index in [2.05, 4.69) is 15.6 Å². The minimum atomic E-state index is -0.308. The molecule has 0 heterocycles. The summed E-state index contributed by atoms with van der Waals surface area (Å²) < 4.78 is 24.1. The molecule has 2 N–H and O–H groups in total. The molecule has 0 aliphatic rings. The molecular weight excluding hydrogens is 412 g/mol. The molecule has 1 aromatic carbocycles. The van der Waals surface area contributed by atoms with Gasteiger partial charge in [-0.3, -0.25) is 4.99 Å². The van der Waals surface area contributed by atoms with Crippen molar-refractivity contribution in [3.05, 3.63) is 30.1 Å². The second kappa shape index (κ2) is 10.6. The number of nitrogens with zero attached hydrogens (tertiary/aromatic N) is 1. The summed E-state index contributed by atoms with van der Waals surface area (Å²) in [4.78, 5) is 4.14. The van der Waals surface area contributed by atoms with Gasteiger partial charge in [0.25, 0.3) is 0 Å². The Balaban J connectivity index is 0.00000484. The Morgan fingerprint density at radius 1 is 1.35 bits per heavy atom. The molecule has 0 aliphatic carbocycles. The summed E-state index contributed by atoms with van der Waals surface area (Å²) in [6.45, 7) is 7.06. The van der Waals surface area contributed by atoms with Crippen LogP contribution in [0.15, 0.2) is 29.3 Å². The highest BCUT2D eigenvalue weighted by atomic mass is 127. The van der Waals surface area contributed by atoms with Gasteiger partial charge in [-0.2, -0.15) is 0 Å². The van der Waals surface area contributed by atoms with Crippen LogP contribution in [0.4, 0.5) is 4.39 Å². The summed E-state index contributed by atoms with van der Waals surface area (Å²) in [5.74, 6) is 0.870. The lowest BCUT2D eigenvalue weighted by Gasteiger charge is -2.25. The fraction of sp³-hybridized carbons (Fsp3) is 0.562. The molecule has 0 bridgehead atoms. The van der Waals surface area contributed by atoms with Gasteiger partial charge in [0.2, 0.25) is 0 Å². The third-order valence-corrected chi connectivity index (χ3v) is 3.15. The van der Waals surface area contributed by atoms with E-state index in [0.717, 1.165) is 0 Å². The third kappa shape index (κ3) is 8.95. The van der Waals surface area contributed by atoms with Crippen molar-refractivity contribution in [1.29, 1.82) is 0 Å². The van der Waals surface area contributed by atoms with Gasteiger partial charge in [-0.15, -0.1) is 24.0 Å². The molecule has 7 heteroatoms. The summed E-state index contributed by atoms with van der Waals surface area (Å²) in [7, 11) is 3.38. The van der Waals surface area contributed by atoms with Crippen LogP contribution in [0, 0.1) is 5.82 Å². The highest BCUT2D eigenvalue weighted by Gasteiger charge is 2.16. The normalized spacial score (nSPS) is 13.0. The summed E-state index contributed by atoms with van der Waals surface area (Å²) in [5, 5.41) is 6.35. The molecule has 0 fully saturated rings. The van der Waals surface area contributed by atoms with E-state index >= 15 is 0 Å². The van der Waals surface area contributed by atoms with E-state index in [4.69, 9.17) is 9.47 Å². The van der Waals surface area contributed by atoms with Crippen LogP contribution in [0.1, 0.15) is 20.8 Å². The van der Waals surface area contributed by atoms with Crippen molar-refractivity contribution in [3.63, 3.8) is 0 Å². The first kappa shape index (κ1) is 21.9. The predicted octanol–water partition coefficient (Wildman–Crippen LogP) is 2.80. The lowest BCUT2D eigenvalue weighted by Crippen LogP contribution is -2.47. The van der Waals surface area contributed by atoms with Crippen molar-refractivity contribution in [2.45, 2.75) is 32.5 Å². The maximum absolute atomic E-state index is 13.1. The average Bonchev–Trinajstić information content (AvgIpc) is 2.47. The van der Waals surface area contributed by atoms with Crippen LogP contribution in [0.2, 0.25) is 0 Å². The molecule has 1 unspecified atom stereocenters. The number of rotatable bonds is 7. The first-order chi connectivity index (χ1) is 10.4. The number of nitrogens with one attached hydrogen (secondary N) is 2. The molecule has 0 saturated carbocycles. The Kier molecular flexibility index (Phi) is 10.1. The standard InChI is InChI=1S/C16H26FN3O2.HI/c1-12(22-14-8-6-7-13(17)9-14)10-19-15(18-4)20-11-16(2,3)21-5;/h6-9,12H,10-11H2,1-5H3,(H2,18,19,20);1H. The highest BCUT2D eigenvalue weighted by Crippen LogP contribution is 2.13. The fourth-order valence-corrected chi connectivity index (χ4v) is 1.64. The predicted molar refractivity (Wildman–Crippen MR) is 102 cm³/mol. The molecule has 1 aromatic rings. The molecule has 0 aliphatic heterocycles. The van der Waals surface area contributed by atoms with E-state index in [1.54, 1.807) is 26.3 Å². The van der Waals surface area contributed by atoms with Crippen molar-refractivity contribution >= 4 is 29.9 Å². The highest BCUT2D eigenvalue weighted by molar-refractivity contribution is 14.0. The first-order valence-electron chi connectivity index (χ1n) is 7.28. The molecule has 0 aromatic heterocycles. The van der Waals surface area contributed by atoms with Gasteiger partial charge in [0.1, 0.15) is 17.7 Å². The third-order valence-electron chi connectivity index (χ3n) is 3.15. The Morgan fingerprint density at radius 2 is 2.04 bits per heavy atom. The maximum atomic E-state index is 13.1. The lowest BCUT2D eigenvalue weighted by atomic mass is 10.1. The van der Waals surface area contributed by atoms with Crippen molar-refractivity contribution in [3.8, 4) is 5.75 Å². The summed E-state index contributed by atoms with van der Waals surface area (Å²) >= 11 is 0. The van der Waals surface area contributed by atoms with Crippen molar-refractivity contribution in [2.24, 2.45) is 4.99 Å². The quantitative estimate of drug-likeness (QED) is 0.390. The number of benzene rings is 1. The van der Waals surface area contributed by atoms with Crippen LogP contribution in [0.3, 0.4) is 0 Å². The van der Waals surface area contributed by atoms with E-state index in [-0.39, 0.29) is 41.5 Å². The van der Waals surface area contributed by atoms with Crippen LogP contribution >= 0.6 is 24.0 Å². The molecule has 0 radical (unpaired) electrons. The number of hydrogen-bond acceptors (Lipinski definition) is 3. The number of halogens is 2. The monoisotopic (exact) mass is 439 g/mol. The van der Waals surface area contributed by atoms with E-state index in [1.165, 1.54) is 12.1 Å². The fourth-order valence-electron chi connectivity index (χ4n) is 1.64. The van der Waals surface area contributed by atoms with Gasteiger partial charge >= 0.3 is 0 Å². The number of aliphatic imine (C=N–C) groups is 1. The van der Waals surface area contributed by atoms with Crippen molar-refractivity contribution in [2.75, 3.05) is 27.2 Å². The minimum Gasteiger partial charge on any atom is -0.489 e. The van der Waals surface area contributed by atoms with E-state index in [1.807, 2.05) is 20.8 Å². The van der Waals surface area contributed by atoms with Gasteiger partial charge in [-0.25, -0.2) is 4.39 Å². The molecular formula is C16H27FIN3O2. The first-order valence-corrected chi connectivity index (χ1v) is 7.28. The molecule has 5 nitrogen and oxygen atoms in total.